The van der Waals surface area contributed by atoms with Crippen LogP contribution in [0.1, 0.15) is 11.4 Å². The van der Waals surface area contributed by atoms with Gasteiger partial charge in [-0.1, -0.05) is 46.9 Å². The maximum Gasteiger partial charge on any atom is 0.293 e. The summed E-state index contributed by atoms with van der Waals surface area (Å²) in [6.07, 6.45) is 1.58. The van der Waals surface area contributed by atoms with Crippen LogP contribution in [0, 0.1) is 0 Å². The highest BCUT2D eigenvalue weighted by atomic mass is 32.2. The Labute approximate surface area is 135 Å². The molecule has 0 saturated carbocycles. The molecule has 0 unspecified atom stereocenters. The molecule has 3 aromatic rings. The predicted molar refractivity (Wildman–Crippen MR) is 88.1 cm³/mol. The van der Waals surface area contributed by atoms with Gasteiger partial charge in [0, 0.05) is 5.75 Å². The molecule has 0 bridgehead atoms. The van der Waals surface area contributed by atoms with Gasteiger partial charge >= 0.3 is 0 Å². The van der Waals surface area contributed by atoms with Crippen molar-refractivity contribution in [2.24, 2.45) is 4.99 Å². The van der Waals surface area contributed by atoms with Crippen molar-refractivity contribution in [2.45, 2.75) is 11.5 Å². The average molecular weight is 329 g/mol. The molecule has 5 nitrogen and oxygen atoms in total. The van der Waals surface area contributed by atoms with Gasteiger partial charge in [-0.25, -0.2) is 4.99 Å². The number of hydrogen-bond acceptors (Lipinski definition) is 7. The molecule has 0 atom stereocenters. The second-order valence-electron chi connectivity index (χ2n) is 4.58. The van der Waals surface area contributed by atoms with E-state index in [4.69, 9.17) is 8.94 Å². The highest BCUT2D eigenvalue weighted by Crippen LogP contribution is 2.35. The van der Waals surface area contributed by atoms with Gasteiger partial charge in [0.05, 0.1) is 17.7 Å². The van der Waals surface area contributed by atoms with Gasteiger partial charge in [0.15, 0.2) is 11.6 Å². The van der Waals surface area contributed by atoms with Crippen molar-refractivity contribution in [1.82, 2.24) is 10.1 Å². The standard InChI is InChI=1S/C15H11N3O2S2/c1-2-5-11-10(4-1)8-21-15(16-11)22-9-13-17-14(20-18-13)12-6-3-7-19-12/h1-7H,8-9H2. The Morgan fingerprint density at radius 3 is 3.05 bits per heavy atom. The van der Waals surface area contributed by atoms with Crippen molar-refractivity contribution in [3.63, 3.8) is 0 Å². The molecule has 0 N–H and O–H groups in total. The van der Waals surface area contributed by atoms with Crippen LogP contribution < -0.4 is 0 Å². The summed E-state index contributed by atoms with van der Waals surface area (Å²) in [5.41, 5.74) is 2.32. The number of aliphatic imine (C=N–C) groups is 1. The molecule has 1 aromatic carbocycles. The first-order valence-corrected chi connectivity index (χ1v) is 8.64. The van der Waals surface area contributed by atoms with E-state index in [1.54, 1.807) is 41.9 Å². The average Bonchev–Trinajstić information content (AvgIpc) is 3.24. The maximum absolute atomic E-state index is 5.24. The Balaban J connectivity index is 1.44. The molecule has 7 heteroatoms. The lowest BCUT2D eigenvalue weighted by atomic mass is 10.2. The number of hydrogen-bond donors (Lipinski definition) is 0. The van der Waals surface area contributed by atoms with Crippen LogP contribution in [0.5, 0.6) is 0 Å². The van der Waals surface area contributed by atoms with Crippen molar-refractivity contribution >= 4 is 33.6 Å². The van der Waals surface area contributed by atoms with E-state index >= 15 is 0 Å². The van der Waals surface area contributed by atoms with Crippen molar-refractivity contribution in [3.05, 3.63) is 54.0 Å². The predicted octanol–water partition coefficient (Wildman–Crippen LogP) is 4.50. The topological polar surface area (TPSA) is 64.4 Å². The minimum absolute atomic E-state index is 0.407. The van der Waals surface area contributed by atoms with Crippen molar-refractivity contribution in [2.75, 3.05) is 0 Å². The highest BCUT2D eigenvalue weighted by Gasteiger charge is 2.15. The number of rotatable bonds is 3. The monoisotopic (exact) mass is 329 g/mol. The largest absolute Gasteiger partial charge is 0.459 e. The van der Waals surface area contributed by atoms with Crippen LogP contribution in [-0.4, -0.2) is 14.5 Å². The summed E-state index contributed by atoms with van der Waals surface area (Å²) in [4.78, 5) is 8.98. The quantitative estimate of drug-likeness (QED) is 0.705. The number of nitrogens with zero attached hydrogens (tertiary/aromatic N) is 3. The minimum atomic E-state index is 0.407. The summed E-state index contributed by atoms with van der Waals surface area (Å²) in [6, 6.07) is 11.8. The second-order valence-corrected chi connectivity index (χ2v) is 6.76. The molecule has 0 radical (unpaired) electrons. The van der Waals surface area contributed by atoms with Crippen LogP contribution in [0.4, 0.5) is 5.69 Å². The van der Waals surface area contributed by atoms with E-state index in [9.17, 15) is 0 Å². The number of benzene rings is 1. The molecular weight excluding hydrogens is 318 g/mol. The summed E-state index contributed by atoms with van der Waals surface area (Å²) < 4.78 is 11.5. The van der Waals surface area contributed by atoms with Crippen molar-refractivity contribution < 1.29 is 8.94 Å². The molecule has 0 amide bonds. The van der Waals surface area contributed by atoms with Crippen LogP contribution >= 0.6 is 23.5 Å². The van der Waals surface area contributed by atoms with E-state index in [-0.39, 0.29) is 0 Å². The molecular formula is C15H11N3O2S2. The fourth-order valence-electron chi connectivity index (χ4n) is 2.03. The van der Waals surface area contributed by atoms with Gasteiger partial charge in [0.2, 0.25) is 0 Å². The highest BCUT2D eigenvalue weighted by molar-refractivity contribution is 8.38. The lowest BCUT2D eigenvalue weighted by molar-refractivity contribution is 0.411. The number of thioether (sulfide) groups is 2. The third-order valence-electron chi connectivity index (χ3n) is 3.08. The van der Waals surface area contributed by atoms with E-state index in [1.165, 1.54) is 5.56 Å². The van der Waals surface area contributed by atoms with Crippen LogP contribution in [0.3, 0.4) is 0 Å². The molecule has 2 aromatic heterocycles. The van der Waals surface area contributed by atoms with Crippen LogP contribution in [0.25, 0.3) is 11.7 Å². The number of aromatic nitrogens is 2. The summed E-state index contributed by atoms with van der Waals surface area (Å²) in [7, 11) is 0. The molecule has 0 spiro atoms. The van der Waals surface area contributed by atoms with Gasteiger partial charge in [-0.3, -0.25) is 0 Å². The zero-order valence-electron chi connectivity index (χ0n) is 11.4. The van der Waals surface area contributed by atoms with Crippen LogP contribution in [0.15, 0.2) is 56.6 Å². The lowest BCUT2D eigenvalue weighted by Crippen LogP contribution is -1.96. The number of furan rings is 1. The van der Waals surface area contributed by atoms with E-state index < -0.39 is 0 Å². The zero-order chi connectivity index (χ0) is 14.8. The maximum atomic E-state index is 5.24. The van der Waals surface area contributed by atoms with Crippen LogP contribution in [0.2, 0.25) is 0 Å². The molecule has 0 saturated heterocycles. The first-order valence-electron chi connectivity index (χ1n) is 6.67. The smallest absolute Gasteiger partial charge is 0.293 e. The molecule has 1 aliphatic heterocycles. The van der Waals surface area contributed by atoms with Gasteiger partial charge in [0.1, 0.15) is 4.38 Å². The first-order chi connectivity index (χ1) is 10.9. The third-order valence-corrected chi connectivity index (χ3v) is 5.32. The Bertz CT molecular complexity index is 812. The summed E-state index contributed by atoms with van der Waals surface area (Å²) in [5, 5.41) is 3.97. The Morgan fingerprint density at radius 2 is 2.14 bits per heavy atom. The number of fused-ring (bicyclic) bond motifs is 1. The van der Waals surface area contributed by atoms with Gasteiger partial charge in [-0.05, 0) is 23.8 Å². The Morgan fingerprint density at radius 1 is 1.18 bits per heavy atom. The Kier molecular flexibility index (Phi) is 3.74. The molecule has 3 heterocycles. The van der Waals surface area contributed by atoms with Crippen LogP contribution in [-0.2, 0) is 11.5 Å². The third kappa shape index (κ3) is 2.82. The molecule has 1 aliphatic rings. The van der Waals surface area contributed by atoms with E-state index in [1.807, 2.05) is 18.2 Å². The van der Waals surface area contributed by atoms with Crippen molar-refractivity contribution in [1.29, 1.82) is 0 Å². The first kappa shape index (κ1) is 13.7. The van der Waals surface area contributed by atoms with Gasteiger partial charge in [0.25, 0.3) is 5.89 Å². The summed E-state index contributed by atoms with van der Waals surface area (Å²) in [5.74, 6) is 3.20. The minimum Gasteiger partial charge on any atom is -0.459 e. The van der Waals surface area contributed by atoms with E-state index in [0.717, 1.165) is 15.8 Å². The van der Waals surface area contributed by atoms with Gasteiger partial charge in [-0.15, -0.1) is 0 Å². The van der Waals surface area contributed by atoms with Crippen molar-refractivity contribution in [3.8, 4) is 11.7 Å². The SMILES string of the molecule is c1coc(-c2nc(CSC3=Nc4ccccc4CS3)no2)c1. The Hall–Kier alpha value is -1.99. The summed E-state index contributed by atoms with van der Waals surface area (Å²) >= 11 is 3.36. The van der Waals surface area contributed by atoms with Gasteiger partial charge < -0.3 is 8.94 Å². The van der Waals surface area contributed by atoms with E-state index in [0.29, 0.717) is 23.2 Å². The van der Waals surface area contributed by atoms with Gasteiger partial charge in [-0.2, -0.15) is 4.98 Å². The normalized spacial score (nSPS) is 13.7. The molecule has 0 aliphatic carbocycles. The molecule has 110 valence electrons. The number of para-hydroxylation sites is 1. The fourth-order valence-corrected chi connectivity index (χ4v) is 3.93. The molecule has 0 fully saturated rings. The molecule has 22 heavy (non-hydrogen) atoms. The lowest BCUT2D eigenvalue weighted by Gasteiger charge is -2.13. The van der Waals surface area contributed by atoms with E-state index in [2.05, 4.69) is 21.2 Å². The molecule has 4 rings (SSSR count). The summed E-state index contributed by atoms with van der Waals surface area (Å²) in [6.45, 7) is 0. The second kappa shape index (κ2) is 6.02. The zero-order valence-corrected chi connectivity index (χ0v) is 13.1. The fraction of sp³-hybridized carbons (Fsp3) is 0.133.